The largest absolute Gasteiger partial charge is 0.352 e. The molecule has 2 amide bonds. The number of rotatable bonds is 10. The van der Waals surface area contributed by atoms with Crippen molar-refractivity contribution in [3.63, 3.8) is 0 Å². The Labute approximate surface area is 229 Å². The summed E-state index contributed by atoms with van der Waals surface area (Å²) in [5.74, 6) is -1.26. The molecule has 39 heavy (non-hydrogen) atoms. The molecule has 0 radical (unpaired) electrons. The van der Waals surface area contributed by atoms with Crippen LogP contribution in [0.5, 0.6) is 0 Å². The normalized spacial score (nSPS) is 14.5. The van der Waals surface area contributed by atoms with Crippen LogP contribution in [0, 0.1) is 12.7 Å². The Kier molecular flexibility index (Phi) is 9.01. The number of anilines is 1. The van der Waals surface area contributed by atoms with Gasteiger partial charge >= 0.3 is 0 Å². The maximum absolute atomic E-state index is 13.9. The Morgan fingerprint density at radius 3 is 2.18 bits per heavy atom. The zero-order chi connectivity index (χ0) is 28.0. The highest BCUT2D eigenvalue weighted by atomic mass is 32.2. The van der Waals surface area contributed by atoms with E-state index in [-0.39, 0.29) is 23.4 Å². The second-order valence-electron chi connectivity index (χ2n) is 9.97. The number of carbonyl (C=O) groups excluding carboxylic acids is 2. The number of hydrogen-bond donors (Lipinski definition) is 1. The number of nitrogens with zero attached hydrogens (tertiary/aromatic N) is 2. The lowest BCUT2D eigenvalue weighted by Crippen LogP contribution is -2.52. The molecule has 0 unspecified atom stereocenters. The van der Waals surface area contributed by atoms with Crippen LogP contribution in [0.15, 0.2) is 83.8 Å². The second-order valence-corrected chi connectivity index (χ2v) is 11.8. The molecule has 1 N–H and O–H groups in total. The highest BCUT2D eigenvalue weighted by molar-refractivity contribution is 7.92. The molecule has 1 saturated carbocycles. The van der Waals surface area contributed by atoms with E-state index < -0.39 is 34.3 Å². The van der Waals surface area contributed by atoms with E-state index in [2.05, 4.69) is 5.32 Å². The van der Waals surface area contributed by atoms with Crippen molar-refractivity contribution < 1.29 is 22.4 Å². The summed E-state index contributed by atoms with van der Waals surface area (Å²) in [6.45, 7) is 3.03. The Bertz CT molecular complexity index is 1370. The number of nitrogens with one attached hydrogen (secondary N) is 1. The van der Waals surface area contributed by atoms with Gasteiger partial charge < -0.3 is 10.2 Å². The smallest absolute Gasteiger partial charge is 0.264 e. The van der Waals surface area contributed by atoms with Crippen molar-refractivity contribution in [3.05, 3.63) is 95.8 Å². The third-order valence-corrected chi connectivity index (χ3v) is 8.86. The van der Waals surface area contributed by atoms with E-state index in [1.807, 2.05) is 6.92 Å². The number of hydrogen-bond acceptors (Lipinski definition) is 4. The molecule has 0 saturated heterocycles. The highest BCUT2D eigenvalue weighted by Crippen LogP contribution is 2.25. The summed E-state index contributed by atoms with van der Waals surface area (Å²) in [7, 11) is -4.10. The highest BCUT2D eigenvalue weighted by Gasteiger charge is 2.33. The van der Waals surface area contributed by atoms with E-state index in [4.69, 9.17) is 0 Å². The molecule has 3 aromatic rings. The van der Waals surface area contributed by atoms with E-state index in [0.29, 0.717) is 11.3 Å². The molecule has 0 bridgehead atoms. The van der Waals surface area contributed by atoms with E-state index in [1.54, 1.807) is 61.5 Å². The van der Waals surface area contributed by atoms with Gasteiger partial charge in [0.25, 0.3) is 10.0 Å². The number of halogens is 1. The third-order valence-electron chi connectivity index (χ3n) is 7.07. The molecule has 0 spiro atoms. The van der Waals surface area contributed by atoms with Crippen LogP contribution in [0.1, 0.15) is 43.7 Å². The number of benzene rings is 3. The number of aryl methyl sites for hydroxylation is 1. The Hall–Kier alpha value is -3.72. The van der Waals surface area contributed by atoms with Gasteiger partial charge in [0.05, 0.1) is 10.6 Å². The monoisotopic (exact) mass is 551 g/mol. The molecular formula is C30H34FN3O4S. The maximum atomic E-state index is 13.9. The van der Waals surface area contributed by atoms with Gasteiger partial charge in [-0.2, -0.15) is 0 Å². The van der Waals surface area contributed by atoms with E-state index >= 15 is 0 Å². The van der Waals surface area contributed by atoms with Crippen molar-refractivity contribution >= 4 is 27.5 Å². The van der Waals surface area contributed by atoms with Crippen LogP contribution in [0.25, 0.3) is 0 Å². The van der Waals surface area contributed by atoms with Crippen LogP contribution in [0.2, 0.25) is 0 Å². The molecule has 1 aliphatic rings. The first kappa shape index (κ1) is 28.3. The molecule has 9 heteroatoms. The van der Waals surface area contributed by atoms with Crippen molar-refractivity contribution in [2.45, 2.75) is 63.1 Å². The summed E-state index contributed by atoms with van der Waals surface area (Å²) >= 11 is 0. The fourth-order valence-corrected chi connectivity index (χ4v) is 6.16. The first-order valence-electron chi connectivity index (χ1n) is 13.1. The molecule has 1 aliphatic carbocycles. The molecule has 4 rings (SSSR count). The van der Waals surface area contributed by atoms with Crippen LogP contribution in [-0.2, 0) is 26.2 Å². The fraction of sp³-hybridized carbons (Fsp3) is 0.333. The van der Waals surface area contributed by atoms with Crippen LogP contribution in [0.3, 0.4) is 0 Å². The standard InChI is InChI=1S/C30H34FN3O4S/c1-22-12-18-27(19-13-22)34(39(37,38)28-10-4-3-5-11-28)21-29(35)33(20-24-14-16-25(31)17-15-24)23(2)30(36)32-26-8-6-7-9-26/h3-5,10-19,23,26H,6-9,20-21H2,1-2H3,(H,32,36)/t23-/m1/s1. The Morgan fingerprint density at radius 1 is 0.949 bits per heavy atom. The van der Waals surface area contributed by atoms with Gasteiger partial charge in [-0.3, -0.25) is 13.9 Å². The second kappa shape index (κ2) is 12.4. The van der Waals surface area contributed by atoms with Gasteiger partial charge in [0.1, 0.15) is 18.4 Å². The van der Waals surface area contributed by atoms with E-state index in [0.717, 1.165) is 35.6 Å². The van der Waals surface area contributed by atoms with E-state index in [1.165, 1.54) is 29.2 Å². The van der Waals surface area contributed by atoms with Gasteiger partial charge in [0, 0.05) is 12.6 Å². The minimum atomic E-state index is -4.10. The van der Waals surface area contributed by atoms with Crippen LogP contribution in [0.4, 0.5) is 10.1 Å². The number of sulfonamides is 1. The molecule has 3 aromatic carbocycles. The van der Waals surface area contributed by atoms with Crippen molar-refractivity contribution in [2.24, 2.45) is 0 Å². The molecular weight excluding hydrogens is 517 g/mol. The lowest BCUT2D eigenvalue weighted by molar-refractivity contribution is -0.139. The minimum absolute atomic E-state index is 0.0193. The summed E-state index contributed by atoms with van der Waals surface area (Å²) in [5.41, 5.74) is 1.90. The summed E-state index contributed by atoms with van der Waals surface area (Å²) in [4.78, 5) is 28.5. The molecule has 1 atom stereocenters. The average molecular weight is 552 g/mol. The number of amides is 2. The predicted molar refractivity (Wildman–Crippen MR) is 149 cm³/mol. The van der Waals surface area contributed by atoms with Crippen LogP contribution >= 0.6 is 0 Å². The molecule has 1 fully saturated rings. The van der Waals surface area contributed by atoms with Gasteiger partial charge in [0.15, 0.2) is 0 Å². The van der Waals surface area contributed by atoms with Gasteiger partial charge in [-0.15, -0.1) is 0 Å². The van der Waals surface area contributed by atoms with Gasteiger partial charge in [-0.1, -0.05) is 60.9 Å². The lowest BCUT2D eigenvalue weighted by atomic mass is 10.1. The molecule has 7 nitrogen and oxygen atoms in total. The van der Waals surface area contributed by atoms with Gasteiger partial charge in [-0.05, 0) is 68.7 Å². The van der Waals surface area contributed by atoms with Crippen molar-refractivity contribution in [1.29, 1.82) is 0 Å². The first-order valence-corrected chi connectivity index (χ1v) is 14.6. The van der Waals surface area contributed by atoms with Crippen LogP contribution in [-0.4, -0.2) is 43.8 Å². The van der Waals surface area contributed by atoms with Crippen molar-refractivity contribution in [3.8, 4) is 0 Å². The van der Waals surface area contributed by atoms with Gasteiger partial charge in [0.2, 0.25) is 11.8 Å². The summed E-state index contributed by atoms with van der Waals surface area (Å²) < 4.78 is 42.1. The lowest BCUT2D eigenvalue weighted by Gasteiger charge is -2.32. The SMILES string of the molecule is Cc1ccc(N(CC(=O)N(Cc2ccc(F)cc2)[C@H](C)C(=O)NC2CCCC2)S(=O)(=O)c2ccccc2)cc1. The quantitative estimate of drug-likeness (QED) is 0.392. The van der Waals surface area contributed by atoms with Gasteiger partial charge in [-0.25, -0.2) is 12.8 Å². The topological polar surface area (TPSA) is 86.8 Å². The third kappa shape index (κ3) is 7.03. The zero-order valence-corrected chi connectivity index (χ0v) is 23.0. The molecule has 0 aliphatic heterocycles. The summed E-state index contributed by atoms with van der Waals surface area (Å²) in [5, 5.41) is 3.03. The maximum Gasteiger partial charge on any atom is 0.264 e. The summed E-state index contributed by atoms with van der Waals surface area (Å²) in [6, 6.07) is 19.7. The fourth-order valence-electron chi connectivity index (χ4n) is 4.72. The van der Waals surface area contributed by atoms with Crippen molar-refractivity contribution in [2.75, 3.05) is 10.8 Å². The Morgan fingerprint density at radius 2 is 1.56 bits per heavy atom. The molecule has 0 aromatic heterocycles. The average Bonchev–Trinajstić information content (AvgIpc) is 3.45. The zero-order valence-electron chi connectivity index (χ0n) is 22.2. The van der Waals surface area contributed by atoms with Crippen molar-refractivity contribution in [1.82, 2.24) is 10.2 Å². The Balaban J connectivity index is 1.66. The summed E-state index contributed by atoms with van der Waals surface area (Å²) in [6.07, 6.45) is 3.86. The predicted octanol–water partition coefficient (Wildman–Crippen LogP) is 4.81. The molecule has 206 valence electrons. The van der Waals surface area contributed by atoms with E-state index in [9.17, 15) is 22.4 Å². The number of carbonyl (C=O) groups is 2. The minimum Gasteiger partial charge on any atom is -0.352 e. The van der Waals surface area contributed by atoms with Crippen LogP contribution < -0.4 is 9.62 Å². The molecule has 0 heterocycles. The first-order chi connectivity index (χ1) is 18.6.